The van der Waals surface area contributed by atoms with Crippen LogP contribution < -0.4 is 11.1 Å². The largest absolute Gasteiger partial charge is 0.384 e. The maximum Gasteiger partial charge on any atom is 0.253 e. The van der Waals surface area contributed by atoms with Crippen molar-refractivity contribution in [3.63, 3.8) is 0 Å². The molecule has 0 fully saturated rings. The van der Waals surface area contributed by atoms with Crippen molar-refractivity contribution in [1.82, 2.24) is 15.5 Å². The summed E-state index contributed by atoms with van der Waals surface area (Å²) in [5.41, 5.74) is 5.86. The highest BCUT2D eigenvalue weighted by molar-refractivity contribution is 5.93. The number of nitrogens with one attached hydrogen (secondary N) is 1. The molecule has 3 N–H and O–H groups in total. The molecule has 0 unspecified atom stereocenters. The Balaban J connectivity index is 1.95. The van der Waals surface area contributed by atoms with Crippen LogP contribution in [0.4, 0.5) is 5.82 Å². The van der Waals surface area contributed by atoms with E-state index in [1.807, 2.05) is 0 Å². The Morgan fingerprint density at radius 3 is 2.94 bits per heavy atom. The zero-order valence-electron chi connectivity index (χ0n) is 8.38. The van der Waals surface area contributed by atoms with Crippen molar-refractivity contribution in [3.8, 4) is 0 Å². The minimum absolute atomic E-state index is 0.232. The Labute approximate surface area is 91.5 Å². The molecular formula is C10H10N4O2. The van der Waals surface area contributed by atoms with Crippen LogP contribution in [0.3, 0.4) is 0 Å². The number of hydrogen-bond acceptors (Lipinski definition) is 5. The maximum absolute atomic E-state index is 11.6. The molecule has 0 aromatic carbocycles. The molecule has 0 atom stereocenters. The van der Waals surface area contributed by atoms with E-state index in [1.54, 1.807) is 18.2 Å². The fourth-order valence-corrected chi connectivity index (χ4v) is 1.14. The number of carbonyl (C=O) groups is 1. The minimum atomic E-state index is -0.232. The molecule has 0 radical (unpaired) electrons. The first-order valence-corrected chi connectivity index (χ1v) is 4.65. The van der Waals surface area contributed by atoms with Crippen LogP contribution in [0.1, 0.15) is 16.1 Å². The first-order chi connectivity index (χ1) is 7.75. The molecule has 0 aliphatic rings. The van der Waals surface area contributed by atoms with Crippen molar-refractivity contribution in [2.45, 2.75) is 6.54 Å². The molecule has 0 saturated heterocycles. The average Bonchev–Trinajstić information content (AvgIpc) is 2.80. The van der Waals surface area contributed by atoms with Gasteiger partial charge < -0.3 is 15.6 Å². The van der Waals surface area contributed by atoms with Gasteiger partial charge in [0.05, 0.1) is 18.3 Å². The van der Waals surface area contributed by atoms with Gasteiger partial charge in [-0.05, 0) is 12.1 Å². The van der Waals surface area contributed by atoms with Gasteiger partial charge in [0, 0.05) is 12.3 Å². The number of anilines is 1. The monoisotopic (exact) mass is 218 g/mol. The zero-order chi connectivity index (χ0) is 11.4. The van der Waals surface area contributed by atoms with Crippen LogP contribution in [-0.2, 0) is 6.54 Å². The predicted octanol–water partition coefficient (Wildman–Crippen LogP) is 0.582. The Bertz CT molecular complexity index is 464. The van der Waals surface area contributed by atoms with Gasteiger partial charge in [0.25, 0.3) is 5.91 Å². The third-order valence-electron chi connectivity index (χ3n) is 1.96. The molecule has 1 amide bonds. The molecule has 82 valence electrons. The first kappa shape index (κ1) is 10.2. The lowest BCUT2D eigenvalue weighted by atomic mass is 10.2. The summed E-state index contributed by atoms with van der Waals surface area (Å²) >= 11 is 0. The quantitative estimate of drug-likeness (QED) is 0.785. The summed E-state index contributed by atoms with van der Waals surface area (Å²) < 4.78 is 4.84. The van der Waals surface area contributed by atoms with Gasteiger partial charge in [-0.2, -0.15) is 0 Å². The number of amides is 1. The predicted molar refractivity (Wildman–Crippen MR) is 56.3 cm³/mol. The van der Waals surface area contributed by atoms with Crippen LogP contribution >= 0.6 is 0 Å². The number of nitrogen functional groups attached to an aromatic ring is 1. The molecular weight excluding hydrogens is 208 g/mol. The number of carbonyl (C=O) groups excluding carboxylic acids is 1. The van der Waals surface area contributed by atoms with E-state index < -0.39 is 0 Å². The third-order valence-corrected chi connectivity index (χ3v) is 1.96. The van der Waals surface area contributed by atoms with Gasteiger partial charge >= 0.3 is 0 Å². The lowest BCUT2D eigenvalue weighted by molar-refractivity contribution is 0.0947. The van der Waals surface area contributed by atoms with E-state index >= 15 is 0 Å². The summed E-state index contributed by atoms with van der Waals surface area (Å²) in [4.78, 5) is 15.4. The highest BCUT2D eigenvalue weighted by atomic mass is 16.5. The molecule has 6 heteroatoms. The molecule has 16 heavy (non-hydrogen) atoms. The third kappa shape index (κ3) is 2.35. The van der Waals surface area contributed by atoms with E-state index in [2.05, 4.69) is 15.5 Å². The Hall–Kier alpha value is -2.37. The molecule has 2 aromatic heterocycles. The number of pyridine rings is 1. The van der Waals surface area contributed by atoms with Gasteiger partial charge in [-0.15, -0.1) is 0 Å². The van der Waals surface area contributed by atoms with Gasteiger partial charge in [0.2, 0.25) is 0 Å². The Kier molecular flexibility index (Phi) is 2.81. The summed E-state index contributed by atoms with van der Waals surface area (Å²) in [6.07, 6.45) is 2.94. The van der Waals surface area contributed by atoms with E-state index in [9.17, 15) is 4.79 Å². The highest BCUT2D eigenvalue weighted by Crippen LogP contribution is 2.02. The molecule has 2 heterocycles. The normalized spacial score (nSPS) is 10.0. The molecule has 6 nitrogen and oxygen atoms in total. The van der Waals surface area contributed by atoms with E-state index in [4.69, 9.17) is 10.3 Å². The fourth-order valence-electron chi connectivity index (χ4n) is 1.14. The molecule has 0 spiro atoms. The number of aromatic nitrogens is 2. The van der Waals surface area contributed by atoms with Gasteiger partial charge in [-0.3, -0.25) is 4.79 Å². The second-order valence-electron chi connectivity index (χ2n) is 3.13. The van der Waals surface area contributed by atoms with E-state index in [1.165, 1.54) is 12.4 Å². The van der Waals surface area contributed by atoms with Crippen molar-refractivity contribution >= 4 is 11.7 Å². The van der Waals surface area contributed by atoms with Crippen LogP contribution in [0, 0.1) is 0 Å². The van der Waals surface area contributed by atoms with Crippen molar-refractivity contribution < 1.29 is 9.32 Å². The molecule has 2 aromatic rings. The maximum atomic E-state index is 11.6. The summed E-state index contributed by atoms with van der Waals surface area (Å²) in [6, 6.07) is 4.86. The lowest BCUT2D eigenvalue weighted by Crippen LogP contribution is -2.22. The van der Waals surface area contributed by atoms with Gasteiger partial charge in [-0.25, -0.2) is 4.98 Å². The smallest absolute Gasteiger partial charge is 0.253 e. The molecule has 0 aliphatic carbocycles. The highest BCUT2D eigenvalue weighted by Gasteiger charge is 2.06. The molecule has 0 saturated carbocycles. The van der Waals surface area contributed by atoms with Gasteiger partial charge in [-0.1, -0.05) is 5.16 Å². The van der Waals surface area contributed by atoms with Crippen LogP contribution in [0.2, 0.25) is 0 Å². The summed E-state index contributed by atoms with van der Waals surface area (Å²) in [5, 5.41) is 6.20. The van der Waals surface area contributed by atoms with Crippen LogP contribution in [0.25, 0.3) is 0 Å². The van der Waals surface area contributed by atoms with Crippen molar-refractivity contribution in [1.29, 1.82) is 0 Å². The van der Waals surface area contributed by atoms with Crippen molar-refractivity contribution in [3.05, 3.63) is 41.9 Å². The molecule has 0 bridgehead atoms. The van der Waals surface area contributed by atoms with E-state index in [0.717, 1.165) is 0 Å². The Morgan fingerprint density at radius 2 is 2.31 bits per heavy atom. The van der Waals surface area contributed by atoms with E-state index in [0.29, 0.717) is 23.7 Å². The number of nitrogens with zero attached hydrogens (tertiary/aromatic N) is 2. The fraction of sp³-hybridized carbons (Fsp3) is 0.100. The SMILES string of the molecule is Nc1ccc(C(=O)NCc2ccno2)cn1. The van der Waals surface area contributed by atoms with Crippen LogP contribution in [0.15, 0.2) is 35.1 Å². The zero-order valence-corrected chi connectivity index (χ0v) is 8.38. The summed E-state index contributed by atoms with van der Waals surface area (Å²) in [6.45, 7) is 0.295. The lowest BCUT2D eigenvalue weighted by Gasteiger charge is -2.02. The second-order valence-corrected chi connectivity index (χ2v) is 3.13. The first-order valence-electron chi connectivity index (χ1n) is 4.65. The van der Waals surface area contributed by atoms with Crippen molar-refractivity contribution in [2.24, 2.45) is 0 Å². The summed E-state index contributed by atoms with van der Waals surface area (Å²) in [5.74, 6) is 0.743. The number of rotatable bonds is 3. The van der Waals surface area contributed by atoms with Crippen molar-refractivity contribution in [2.75, 3.05) is 5.73 Å². The molecule has 0 aliphatic heterocycles. The average molecular weight is 218 g/mol. The minimum Gasteiger partial charge on any atom is -0.384 e. The van der Waals surface area contributed by atoms with Crippen LogP contribution in [0.5, 0.6) is 0 Å². The molecule has 2 rings (SSSR count). The number of hydrogen-bond donors (Lipinski definition) is 2. The van der Waals surface area contributed by atoms with Gasteiger partial charge in [0.15, 0.2) is 5.76 Å². The number of nitrogens with two attached hydrogens (primary N) is 1. The second kappa shape index (κ2) is 4.43. The standard InChI is InChI=1S/C10H10N4O2/c11-9-2-1-7(5-12-9)10(15)13-6-8-3-4-14-16-8/h1-5H,6H2,(H2,11,12)(H,13,15). The summed E-state index contributed by atoms with van der Waals surface area (Å²) in [7, 11) is 0. The van der Waals surface area contributed by atoms with Gasteiger partial charge in [0.1, 0.15) is 5.82 Å². The Morgan fingerprint density at radius 1 is 1.44 bits per heavy atom. The van der Waals surface area contributed by atoms with Crippen LogP contribution in [-0.4, -0.2) is 16.0 Å². The topological polar surface area (TPSA) is 94.0 Å². The van der Waals surface area contributed by atoms with E-state index in [-0.39, 0.29) is 5.91 Å².